The predicted octanol–water partition coefficient (Wildman–Crippen LogP) is 11.9. The summed E-state index contributed by atoms with van der Waals surface area (Å²) in [7, 11) is 0. The van der Waals surface area contributed by atoms with Crippen molar-refractivity contribution in [1.29, 1.82) is 0 Å². The van der Waals surface area contributed by atoms with E-state index in [1.807, 2.05) is 218 Å². The van der Waals surface area contributed by atoms with E-state index in [1.54, 1.807) is 36.5 Å². The zero-order valence-corrected chi connectivity index (χ0v) is 31.9. The summed E-state index contributed by atoms with van der Waals surface area (Å²) in [5.74, 6) is -0.0341. The maximum Gasteiger partial charge on any atom is 0.178 e. The topological polar surface area (TPSA) is 51.2 Å². The first kappa shape index (κ1) is 42.8. The molecular weight excluding hydrogens is 763 g/mol. The van der Waals surface area contributed by atoms with Crippen molar-refractivity contribution in [3.63, 3.8) is 0 Å². The minimum Gasteiger partial charge on any atom is -0.290 e. The smallest absolute Gasteiger partial charge is 0.178 e. The fraction of sp³-hybridized carbons (Fsp3) is 0. The second kappa shape index (κ2) is 26.2. The normalized spacial score (nSPS) is 10.9. The minimum atomic E-state index is -0.0114. The molecule has 0 aliphatic heterocycles. The van der Waals surface area contributed by atoms with Crippen molar-refractivity contribution in [3.05, 3.63) is 252 Å². The Hall–Kier alpha value is -6.61. The Morgan fingerprint density at radius 1 is 0.236 bits per heavy atom. The van der Waals surface area contributed by atoms with E-state index in [4.69, 9.17) is 0 Å². The van der Waals surface area contributed by atoms with E-state index in [0.717, 1.165) is 33.4 Å². The van der Waals surface area contributed by atoms with Gasteiger partial charge in [-0.05, 0) is 69.8 Å². The van der Waals surface area contributed by atoms with Crippen LogP contribution in [0.25, 0.3) is 36.5 Å². The number of hydrogen-bond donors (Lipinski definition) is 0. The van der Waals surface area contributed by atoms with Gasteiger partial charge in [0.1, 0.15) is 0 Å². The Balaban J connectivity index is 0.000000220. The van der Waals surface area contributed by atoms with Gasteiger partial charge in [0.2, 0.25) is 0 Å². The molecule has 55 heavy (non-hydrogen) atoms. The van der Waals surface area contributed by atoms with Crippen molar-refractivity contribution in [2.75, 3.05) is 0 Å². The number of ketones is 3. The number of benzene rings is 6. The zero-order valence-electron chi connectivity index (χ0n) is 30.3. The van der Waals surface area contributed by atoms with E-state index in [1.165, 1.54) is 0 Å². The summed E-state index contributed by atoms with van der Waals surface area (Å²) >= 11 is 0. The second-order valence-electron chi connectivity index (χ2n) is 11.7. The fourth-order valence-electron chi connectivity index (χ4n) is 4.62. The molecule has 0 aromatic heterocycles. The summed E-state index contributed by atoms with van der Waals surface area (Å²) in [4.78, 5) is 34.8. The van der Waals surface area contributed by atoms with Crippen molar-refractivity contribution in [2.45, 2.75) is 0 Å². The van der Waals surface area contributed by atoms with Crippen LogP contribution in [0.3, 0.4) is 0 Å². The first-order chi connectivity index (χ1) is 26.5. The Bertz CT molecular complexity index is 1760. The summed E-state index contributed by atoms with van der Waals surface area (Å²) in [6, 6.07) is 58.7. The van der Waals surface area contributed by atoms with Crippen LogP contribution in [-0.2, 0) is 33.9 Å². The van der Waals surface area contributed by atoms with Gasteiger partial charge in [-0.1, -0.05) is 218 Å². The molecule has 0 spiro atoms. The van der Waals surface area contributed by atoms with E-state index >= 15 is 0 Å². The number of carbonyl (C=O) groups excluding carboxylic acids is 3. The quantitative estimate of drug-likeness (QED) is 0.0914. The summed E-state index contributed by atoms with van der Waals surface area (Å²) in [6.07, 6.45) is 20.4. The Labute approximate surface area is 337 Å². The van der Waals surface area contributed by atoms with Crippen LogP contribution in [-0.4, -0.2) is 17.3 Å². The number of allylic oxidation sites excluding steroid dienone is 6. The molecule has 0 unspecified atom stereocenters. The molecule has 0 saturated carbocycles. The largest absolute Gasteiger partial charge is 0.290 e. The van der Waals surface area contributed by atoms with Gasteiger partial charge < -0.3 is 0 Å². The molecule has 1 radical (unpaired) electrons. The molecule has 6 aromatic carbocycles. The third-order valence-corrected chi connectivity index (χ3v) is 7.44. The molecule has 0 aliphatic carbocycles. The van der Waals surface area contributed by atoms with E-state index in [2.05, 4.69) is 0 Å². The molecule has 6 aromatic rings. The molecule has 0 amide bonds. The monoisotopic (exact) mass is 805 g/mol. The van der Waals surface area contributed by atoms with Gasteiger partial charge in [-0.15, -0.1) is 0 Å². The van der Waals surface area contributed by atoms with Crippen LogP contribution in [0.1, 0.15) is 33.4 Å². The van der Waals surface area contributed by atoms with Crippen molar-refractivity contribution in [1.82, 2.24) is 0 Å². The predicted molar refractivity (Wildman–Crippen MR) is 228 cm³/mol. The summed E-state index contributed by atoms with van der Waals surface area (Å²) in [6.45, 7) is 0. The maximum atomic E-state index is 11.6. The molecule has 0 saturated heterocycles. The first-order valence-corrected chi connectivity index (χ1v) is 17.5. The average molecular weight is 806 g/mol. The number of carbonyl (C=O) groups is 3. The van der Waals surface area contributed by atoms with Crippen LogP contribution in [0.2, 0.25) is 0 Å². The van der Waals surface area contributed by atoms with Crippen LogP contribution >= 0.6 is 0 Å². The Morgan fingerprint density at radius 3 is 0.491 bits per heavy atom. The Morgan fingerprint density at radius 2 is 0.364 bits per heavy atom. The van der Waals surface area contributed by atoms with E-state index < -0.39 is 0 Å². The molecule has 0 aliphatic rings. The van der Waals surface area contributed by atoms with Gasteiger partial charge in [0.15, 0.2) is 17.3 Å². The van der Waals surface area contributed by atoms with Crippen molar-refractivity contribution in [2.24, 2.45) is 0 Å². The van der Waals surface area contributed by atoms with E-state index in [9.17, 15) is 14.4 Å². The summed E-state index contributed by atoms with van der Waals surface area (Å²) < 4.78 is 0. The zero-order chi connectivity index (χ0) is 37.9. The van der Waals surface area contributed by atoms with Crippen LogP contribution in [0.15, 0.2) is 218 Å². The summed E-state index contributed by atoms with van der Waals surface area (Å²) in [5.41, 5.74) is 6.16. The fourth-order valence-corrected chi connectivity index (χ4v) is 4.62. The first-order valence-electron chi connectivity index (χ1n) is 17.5. The van der Waals surface area contributed by atoms with Crippen LogP contribution in [0.4, 0.5) is 0 Å². The third kappa shape index (κ3) is 19.2. The third-order valence-electron chi connectivity index (χ3n) is 7.44. The van der Waals surface area contributed by atoms with Crippen LogP contribution in [0.5, 0.6) is 0 Å². The van der Waals surface area contributed by atoms with Gasteiger partial charge in [0.25, 0.3) is 0 Å². The molecule has 0 N–H and O–H groups in total. The maximum absolute atomic E-state index is 11.6. The molecular formula is C51H42O3Rh. The van der Waals surface area contributed by atoms with Crippen LogP contribution < -0.4 is 0 Å². The SMILES string of the molecule is O=C(C=Cc1ccccc1)C=Cc1ccccc1.O=C(C=Cc1ccccc1)C=Cc1ccccc1.O=C(C=Cc1ccccc1)C=Cc1ccccc1.[Rh]. The second-order valence-corrected chi connectivity index (χ2v) is 11.7. The molecule has 0 atom stereocenters. The molecule has 0 fully saturated rings. The molecule has 6 rings (SSSR count). The van der Waals surface area contributed by atoms with Gasteiger partial charge in [-0.2, -0.15) is 0 Å². The summed E-state index contributed by atoms with van der Waals surface area (Å²) in [5, 5.41) is 0. The number of hydrogen-bond acceptors (Lipinski definition) is 3. The molecule has 4 heteroatoms. The Kier molecular flexibility index (Phi) is 20.4. The molecule has 0 heterocycles. The number of rotatable bonds is 12. The van der Waals surface area contributed by atoms with Gasteiger partial charge in [-0.25, -0.2) is 0 Å². The molecule has 3 nitrogen and oxygen atoms in total. The van der Waals surface area contributed by atoms with E-state index in [-0.39, 0.29) is 36.8 Å². The van der Waals surface area contributed by atoms with Gasteiger partial charge in [0.05, 0.1) is 0 Å². The standard InChI is InChI=1S/3C17H14O.Rh/c3*18-17(13-11-15-7-3-1-4-8-15)14-12-16-9-5-2-6-10-16;/h3*1-14H;. The minimum absolute atomic E-state index is 0. The average Bonchev–Trinajstić information content (AvgIpc) is 3.24. The van der Waals surface area contributed by atoms with Gasteiger partial charge in [-0.3, -0.25) is 14.4 Å². The molecule has 273 valence electrons. The van der Waals surface area contributed by atoms with Gasteiger partial charge in [0, 0.05) is 19.5 Å². The molecule has 0 bridgehead atoms. The van der Waals surface area contributed by atoms with Crippen LogP contribution in [0, 0.1) is 0 Å². The van der Waals surface area contributed by atoms with E-state index in [0.29, 0.717) is 0 Å². The van der Waals surface area contributed by atoms with Crippen molar-refractivity contribution in [3.8, 4) is 0 Å². The van der Waals surface area contributed by atoms with Gasteiger partial charge >= 0.3 is 0 Å². The van der Waals surface area contributed by atoms with Crippen molar-refractivity contribution < 1.29 is 33.9 Å². The van der Waals surface area contributed by atoms with Crippen molar-refractivity contribution >= 4 is 53.8 Å².